The summed E-state index contributed by atoms with van der Waals surface area (Å²) in [5.41, 5.74) is 6.46. The Morgan fingerprint density at radius 3 is 1.28 bits per heavy atom. The fourth-order valence-corrected chi connectivity index (χ4v) is 5.69. The number of unbranched alkanes of at least 4 members (excludes halogenated alkanes) is 10. The third kappa shape index (κ3) is 5.48. The van der Waals surface area contributed by atoms with Crippen LogP contribution in [0.4, 0.5) is 0 Å². The molecule has 36 heavy (non-hydrogen) atoms. The molecule has 0 unspecified atom stereocenters. The number of benzene rings is 3. The van der Waals surface area contributed by atoms with Crippen molar-refractivity contribution in [1.29, 1.82) is 0 Å². The van der Waals surface area contributed by atoms with Gasteiger partial charge in [0.05, 0.1) is 0 Å². The van der Waals surface area contributed by atoms with E-state index in [0.717, 1.165) is 45.9 Å². The highest BCUT2D eigenvalue weighted by molar-refractivity contribution is 6.18. The third-order valence-electron chi connectivity index (χ3n) is 7.85. The van der Waals surface area contributed by atoms with Crippen LogP contribution in [0, 0.1) is 0 Å². The van der Waals surface area contributed by atoms with Gasteiger partial charge >= 0.3 is 0 Å². The summed E-state index contributed by atoms with van der Waals surface area (Å²) in [4.78, 5) is 0. The van der Waals surface area contributed by atoms with Crippen LogP contribution in [0.3, 0.4) is 0 Å². The van der Waals surface area contributed by atoms with Gasteiger partial charge in [0.25, 0.3) is 0 Å². The van der Waals surface area contributed by atoms with Gasteiger partial charge in [-0.2, -0.15) is 0 Å². The quantitative estimate of drug-likeness (QED) is 0.147. The van der Waals surface area contributed by atoms with E-state index in [4.69, 9.17) is 8.83 Å². The molecule has 190 valence electrons. The molecule has 0 N–H and O–H groups in total. The summed E-state index contributed by atoms with van der Waals surface area (Å²) < 4.78 is 12.9. The van der Waals surface area contributed by atoms with Crippen molar-refractivity contribution in [2.24, 2.45) is 0 Å². The van der Waals surface area contributed by atoms with E-state index in [2.05, 4.69) is 62.4 Å². The molecule has 2 aromatic heterocycles. The van der Waals surface area contributed by atoms with Crippen LogP contribution in [-0.4, -0.2) is 0 Å². The van der Waals surface area contributed by atoms with Gasteiger partial charge in [-0.05, 0) is 61.1 Å². The molecule has 0 atom stereocenters. The number of furan rings is 2. The summed E-state index contributed by atoms with van der Waals surface area (Å²) in [6.07, 6.45) is 18.2. The van der Waals surface area contributed by atoms with Crippen LogP contribution in [0.5, 0.6) is 0 Å². The molecule has 0 fully saturated rings. The van der Waals surface area contributed by atoms with Gasteiger partial charge in [-0.25, -0.2) is 0 Å². The van der Waals surface area contributed by atoms with E-state index in [0.29, 0.717) is 0 Å². The molecule has 0 saturated heterocycles. The van der Waals surface area contributed by atoms with Crippen molar-refractivity contribution >= 4 is 43.9 Å². The first-order valence-corrected chi connectivity index (χ1v) is 14.6. The molecule has 0 saturated carbocycles. The standard InChI is InChI=1S/C34H42O2/c1-3-5-7-9-11-13-15-25-17-19-27-29-21-22-30-28-20-18-26(16-14-12-10-8-6-4-2)24-32(28)36-34(30)33(29)35-31(27)23-25/h17-24H,3-16H2,1-2H3. The van der Waals surface area contributed by atoms with Crippen LogP contribution >= 0.6 is 0 Å². The van der Waals surface area contributed by atoms with Gasteiger partial charge in [0.2, 0.25) is 0 Å². The van der Waals surface area contributed by atoms with Crippen molar-refractivity contribution < 1.29 is 8.83 Å². The fourth-order valence-electron chi connectivity index (χ4n) is 5.69. The minimum Gasteiger partial charge on any atom is -0.452 e. The molecule has 5 aromatic rings. The highest BCUT2D eigenvalue weighted by atomic mass is 16.4. The molecule has 0 amide bonds. The van der Waals surface area contributed by atoms with Crippen LogP contribution in [0.1, 0.15) is 102 Å². The largest absolute Gasteiger partial charge is 0.452 e. The molecule has 2 heterocycles. The molecule has 0 aliphatic heterocycles. The average Bonchev–Trinajstić information content (AvgIpc) is 3.45. The zero-order valence-electron chi connectivity index (χ0n) is 22.3. The highest BCUT2D eigenvalue weighted by Crippen LogP contribution is 2.39. The summed E-state index contributed by atoms with van der Waals surface area (Å²) in [7, 11) is 0. The molecule has 0 aliphatic rings. The predicted molar refractivity (Wildman–Crippen MR) is 155 cm³/mol. The summed E-state index contributed by atoms with van der Waals surface area (Å²) in [5.74, 6) is 0. The van der Waals surface area contributed by atoms with Gasteiger partial charge in [-0.15, -0.1) is 0 Å². The average molecular weight is 483 g/mol. The van der Waals surface area contributed by atoms with Gasteiger partial charge in [0.15, 0.2) is 11.2 Å². The first-order valence-electron chi connectivity index (χ1n) is 14.6. The minimum atomic E-state index is 0.882. The fraction of sp³-hybridized carbons (Fsp3) is 0.471. The molecule has 0 bridgehead atoms. The summed E-state index contributed by atoms with van der Waals surface area (Å²) in [5, 5.41) is 4.66. The van der Waals surface area contributed by atoms with Crippen LogP contribution in [0.2, 0.25) is 0 Å². The maximum absolute atomic E-state index is 6.44. The van der Waals surface area contributed by atoms with Crippen LogP contribution < -0.4 is 0 Å². The molecular weight excluding hydrogens is 440 g/mol. The van der Waals surface area contributed by atoms with Crippen molar-refractivity contribution in [3.8, 4) is 0 Å². The van der Waals surface area contributed by atoms with Crippen molar-refractivity contribution in [1.82, 2.24) is 0 Å². The molecule has 2 nitrogen and oxygen atoms in total. The molecule has 3 aromatic carbocycles. The predicted octanol–water partition coefficient (Wildman–Crippen LogP) is 11.3. The Bertz CT molecular complexity index is 1310. The van der Waals surface area contributed by atoms with E-state index < -0.39 is 0 Å². The van der Waals surface area contributed by atoms with Crippen molar-refractivity contribution in [2.75, 3.05) is 0 Å². The summed E-state index contributed by atoms with van der Waals surface area (Å²) in [6.45, 7) is 4.55. The van der Waals surface area contributed by atoms with Crippen molar-refractivity contribution in [3.63, 3.8) is 0 Å². The lowest BCUT2D eigenvalue weighted by atomic mass is 10.0. The highest BCUT2D eigenvalue weighted by Gasteiger charge is 2.16. The van der Waals surface area contributed by atoms with Gasteiger partial charge in [0.1, 0.15) is 11.2 Å². The van der Waals surface area contributed by atoms with Gasteiger partial charge < -0.3 is 8.83 Å². The molecular formula is C34H42O2. The summed E-state index contributed by atoms with van der Waals surface area (Å²) in [6, 6.07) is 17.9. The van der Waals surface area contributed by atoms with Crippen molar-refractivity contribution in [3.05, 3.63) is 59.7 Å². The number of hydrogen-bond acceptors (Lipinski definition) is 2. The Labute approximate surface area is 216 Å². The first-order chi connectivity index (χ1) is 17.8. The second kappa shape index (κ2) is 12.0. The van der Waals surface area contributed by atoms with Crippen LogP contribution in [0.15, 0.2) is 57.4 Å². The van der Waals surface area contributed by atoms with E-state index in [1.165, 1.54) is 98.9 Å². The van der Waals surface area contributed by atoms with E-state index >= 15 is 0 Å². The lowest BCUT2D eigenvalue weighted by molar-refractivity contribution is 0.606. The first kappa shape index (κ1) is 24.9. The maximum Gasteiger partial charge on any atom is 0.178 e. The van der Waals surface area contributed by atoms with Crippen molar-refractivity contribution in [2.45, 2.75) is 104 Å². The molecule has 2 heteroatoms. The van der Waals surface area contributed by atoms with Gasteiger partial charge in [-0.3, -0.25) is 0 Å². The zero-order valence-corrected chi connectivity index (χ0v) is 22.3. The number of hydrogen-bond donors (Lipinski definition) is 0. The third-order valence-corrected chi connectivity index (χ3v) is 7.85. The molecule has 0 radical (unpaired) electrons. The topological polar surface area (TPSA) is 26.3 Å². The number of rotatable bonds is 14. The molecule has 0 aliphatic carbocycles. The van der Waals surface area contributed by atoms with Gasteiger partial charge in [-0.1, -0.05) is 102 Å². The Hall–Kier alpha value is -2.74. The number of fused-ring (bicyclic) bond motifs is 7. The molecule has 5 rings (SSSR count). The second-order valence-electron chi connectivity index (χ2n) is 10.7. The number of aryl methyl sites for hydroxylation is 2. The zero-order chi connectivity index (χ0) is 24.7. The van der Waals surface area contributed by atoms with E-state index in [9.17, 15) is 0 Å². The van der Waals surface area contributed by atoms with E-state index in [1.54, 1.807) is 0 Å². The Morgan fingerprint density at radius 2 is 0.833 bits per heavy atom. The Morgan fingerprint density at radius 1 is 0.444 bits per heavy atom. The van der Waals surface area contributed by atoms with E-state index in [1.807, 2.05) is 0 Å². The lowest BCUT2D eigenvalue weighted by Gasteiger charge is -2.02. The SMILES string of the molecule is CCCCCCCCc1ccc2c(c1)oc1c2ccc2c3ccc(CCCCCCCC)cc3oc21. The molecule has 0 spiro atoms. The normalized spacial score (nSPS) is 12.1. The Kier molecular flexibility index (Phi) is 8.31. The Balaban J connectivity index is 1.34. The monoisotopic (exact) mass is 482 g/mol. The van der Waals surface area contributed by atoms with Gasteiger partial charge in [0, 0.05) is 21.5 Å². The second-order valence-corrected chi connectivity index (χ2v) is 10.7. The summed E-state index contributed by atoms with van der Waals surface area (Å²) >= 11 is 0. The van der Waals surface area contributed by atoms with Crippen LogP contribution in [0.25, 0.3) is 43.9 Å². The van der Waals surface area contributed by atoms with Crippen LogP contribution in [-0.2, 0) is 12.8 Å². The lowest BCUT2D eigenvalue weighted by Crippen LogP contribution is -1.86. The smallest absolute Gasteiger partial charge is 0.178 e. The van der Waals surface area contributed by atoms with E-state index in [-0.39, 0.29) is 0 Å². The minimum absolute atomic E-state index is 0.882. The maximum atomic E-state index is 6.44.